The molecule has 1 atom stereocenters. The van der Waals surface area contributed by atoms with Gasteiger partial charge in [-0.15, -0.1) is 0 Å². The lowest BCUT2D eigenvalue weighted by molar-refractivity contribution is -0.125. The molecule has 0 saturated carbocycles. The van der Waals surface area contributed by atoms with Crippen molar-refractivity contribution in [2.45, 2.75) is 6.42 Å². The molecule has 1 rings (SSSR count). The standard InChI is InChI=1S/C6H11NO2/c8-4-5-3-7-2-1-6(5)9/h5,7-8H,1-4H2. The van der Waals surface area contributed by atoms with Crippen molar-refractivity contribution in [2.24, 2.45) is 5.92 Å². The van der Waals surface area contributed by atoms with E-state index in [0.717, 1.165) is 6.54 Å². The first kappa shape index (κ1) is 6.71. The molecule has 0 spiro atoms. The molecule has 1 heterocycles. The van der Waals surface area contributed by atoms with Crippen LogP contribution in [0.4, 0.5) is 0 Å². The summed E-state index contributed by atoms with van der Waals surface area (Å²) in [7, 11) is 0. The van der Waals surface area contributed by atoms with E-state index in [1.165, 1.54) is 0 Å². The Labute approximate surface area is 54.1 Å². The summed E-state index contributed by atoms with van der Waals surface area (Å²) in [6, 6.07) is 0. The molecule has 1 aliphatic rings. The zero-order valence-electron chi connectivity index (χ0n) is 5.26. The van der Waals surface area contributed by atoms with Crippen molar-refractivity contribution in [1.82, 2.24) is 5.32 Å². The third kappa shape index (κ3) is 1.50. The van der Waals surface area contributed by atoms with E-state index >= 15 is 0 Å². The van der Waals surface area contributed by atoms with Crippen molar-refractivity contribution in [3.8, 4) is 0 Å². The molecule has 3 heteroatoms. The summed E-state index contributed by atoms with van der Waals surface area (Å²) in [5, 5.41) is 11.6. The van der Waals surface area contributed by atoms with Gasteiger partial charge in [0.25, 0.3) is 0 Å². The van der Waals surface area contributed by atoms with Crippen LogP contribution in [0, 0.1) is 5.92 Å². The number of aliphatic hydroxyl groups is 1. The fourth-order valence-electron chi connectivity index (χ4n) is 0.972. The number of rotatable bonds is 1. The van der Waals surface area contributed by atoms with Crippen molar-refractivity contribution in [3.05, 3.63) is 0 Å². The van der Waals surface area contributed by atoms with Gasteiger partial charge in [-0.25, -0.2) is 0 Å². The average molecular weight is 129 g/mol. The molecule has 0 aliphatic carbocycles. The van der Waals surface area contributed by atoms with Gasteiger partial charge in [0.1, 0.15) is 5.78 Å². The number of ketones is 1. The number of nitrogens with one attached hydrogen (secondary N) is 1. The Hall–Kier alpha value is -0.410. The normalized spacial score (nSPS) is 28.6. The lowest BCUT2D eigenvalue weighted by Crippen LogP contribution is -2.38. The van der Waals surface area contributed by atoms with E-state index in [1.54, 1.807) is 0 Å². The molecule has 0 aromatic heterocycles. The van der Waals surface area contributed by atoms with Gasteiger partial charge in [-0.1, -0.05) is 0 Å². The SMILES string of the molecule is O=C1CCNCC1CO. The van der Waals surface area contributed by atoms with E-state index in [4.69, 9.17) is 5.11 Å². The van der Waals surface area contributed by atoms with Crippen molar-refractivity contribution in [3.63, 3.8) is 0 Å². The first-order valence-corrected chi connectivity index (χ1v) is 3.19. The number of hydrogen-bond donors (Lipinski definition) is 2. The monoisotopic (exact) mass is 129 g/mol. The van der Waals surface area contributed by atoms with Gasteiger partial charge < -0.3 is 10.4 Å². The number of hydrogen-bond acceptors (Lipinski definition) is 3. The molecule has 3 nitrogen and oxygen atoms in total. The maximum atomic E-state index is 10.8. The topological polar surface area (TPSA) is 49.3 Å². The average Bonchev–Trinajstić information content (AvgIpc) is 1.89. The second-order valence-electron chi connectivity index (χ2n) is 2.30. The summed E-state index contributed by atoms with van der Waals surface area (Å²) >= 11 is 0. The van der Waals surface area contributed by atoms with Crippen LogP contribution in [0.25, 0.3) is 0 Å². The van der Waals surface area contributed by atoms with Gasteiger partial charge in [0.2, 0.25) is 0 Å². The van der Waals surface area contributed by atoms with E-state index in [1.807, 2.05) is 0 Å². The molecule has 0 aromatic rings. The van der Waals surface area contributed by atoms with Crippen molar-refractivity contribution < 1.29 is 9.90 Å². The van der Waals surface area contributed by atoms with Crippen LogP contribution in [0.15, 0.2) is 0 Å². The Morgan fingerprint density at radius 1 is 1.78 bits per heavy atom. The lowest BCUT2D eigenvalue weighted by atomic mass is 9.99. The van der Waals surface area contributed by atoms with Crippen LogP contribution >= 0.6 is 0 Å². The summed E-state index contributed by atoms with van der Waals surface area (Å²) < 4.78 is 0. The first-order chi connectivity index (χ1) is 4.34. The van der Waals surface area contributed by atoms with Crippen LogP contribution in [-0.2, 0) is 4.79 Å². The first-order valence-electron chi connectivity index (χ1n) is 3.19. The third-order valence-electron chi connectivity index (χ3n) is 1.61. The molecule has 0 bridgehead atoms. The Morgan fingerprint density at radius 2 is 2.56 bits per heavy atom. The number of carbonyl (C=O) groups excluding carboxylic acids is 1. The van der Waals surface area contributed by atoms with Gasteiger partial charge in [-0.05, 0) is 0 Å². The van der Waals surface area contributed by atoms with Crippen LogP contribution < -0.4 is 5.32 Å². The van der Waals surface area contributed by atoms with Crippen molar-refractivity contribution >= 4 is 5.78 Å². The quantitative estimate of drug-likeness (QED) is 0.485. The summed E-state index contributed by atoms with van der Waals surface area (Å²) in [6.07, 6.45) is 0.575. The molecule has 1 saturated heterocycles. The lowest BCUT2D eigenvalue weighted by Gasteiger charge is -2.18. The highest BCUT2D eigenvalue weighted by atomic mass is 16.3. The molecule has 9 heavy (non-hydrogen) atoms. The van der Waals surface area contributed by atoms with Crippen LogP contribution in [-0.4, -0.2) is 30.6 Å². The second kappa shape index (κ2) is 2.94. The smallest absolute Gasteiger partial charge is 0.140 e. The van der Waals surface area contributed by atoms with E-state index in [-0.39, 0.29) is 18.3 Å². The van der Waals surface area contributed by atoms with Gasteiger partial charge in [-0.3, -0.25) is 4.79 Å². The highest BCUT2D eigenvalue weighted by Gasteiger charge is 2.19. The van der Waals surface area contributed by atoms with E-state index < -0.39 is 0 Å². The predicted octanol–water partition coefficient (Wildman–Crippen LogP) is -0.843. The van der Waals surface area contributed by atoms with Gasteiger partial charge in [0.15, 0.2) is 0 Å². The molecular weight excluding hydrogens is 118 g/mol. The van der Waals surface area contributed by atoms with Crippen molar-refractivity contribution in [1.29, 1.82) is 0 Å². The van der Waals surface area contributed by atoms with Gasteiger partial charge in [0.05, 0.1) is 12.5 Å². The minimum Gasteiger partial charge on any atom is -0.396 e. The van der Waals surface area contributed by atoms with Crippen LogP contribution in [0.1, 0.15) is 6.42 Å². The largest absolute Gasteiger partial charge is 0.396 e. The molecule has 1 fully saturated rings. The van der Waals surface area contributed by atoms with Crippen molar-refractivity contribution in [2.75, 3.05) is 19.7 Å². The second-order valence-corrected chi connectivity index (χ2v) is 2.30. The Balaban J connectivity index is 2.39. The molecule has 2 N–H and O–H groups in total. The third-order valence-corrected chi connectivity index (χ3v) is 1.61. The maximum absolute atomic E-state index is 10.8. The number of piperidine rings is 1. The molecule has 1 aliphatic heterocycles. The highest BCUT2D eigenvalue weighted by molar-refractivity contribution is 5.82. The molecule has 0 amide bonds. The zero-order valence-corrected chi connectivity index (χ0v) is 5.26. The molecule has 0 radical (unpaired) electrons. The molecule has 0 aromatic carbocycles. The summed E-state index contributed by atoms with van der Waals surface area (Å²) in [5.74, 6) is 0.0509. The van der Waals surface area contributed by atoms with Crippen LogP contribution in [0.5, 0.6) is 0 Å². The van der Waals surface area contributed by atoms with E-state index in [2.05, 4.69) is 5.32 Å². The molecule has 1 unspecified atom stereocenters. The van der Waals surface area contributed by atoms with E-state index in [9.17, 15) is 4.79 Å². The fourth-order valence-corrected chi connectivity index (χ4v) is 0.972. The Kier molecular flexibility index (Phi) is 2.19. The number of carbonyl (C=O) groups is 1. The zero-order chi connectivity index (χ0) is 6.69. The van der Waals surface area contributed by atoms with Gasteiger partial charge in [0, 0.05) is 19.5 Å². The van der Waals surface area contributed by atoms with Crippen LogP contribution in [0.2, 0.25) is 0 Å². The van der Waals surface area contributed by atoms with Crippen LogP contribution in [0.3, 0.4) is 0 Å². The number of Topliss-reactive ketones (excluding diaryl/α,β-unsaturated/α-hetero) is 1. The highest BCUT2D eigenvalue weighted by Crippen LogP contribution is 2.03. The Bertz CT molecular complexity index is 114. The minimum absolute atomic E-state index is 0.00810. The van der Waals surface area contributed by atoms with E-state index in [0.29, 0.717) is 13.0 Å². The minimum atomic E-state index is -0.140. The summed E-state index contributed by atoms with van der Waals surface area (Å²) in [5.41, 5.74) is 0. The predicted molar refractivity (Wildman–Crippen MR) is 33.1 cm³/mol. The molecular formula is C6H11NO2. The maximum Gasteiger partial charge on any atom is 0.140 e. The summed E-state index contributed by atoms with van der Waals surface area (Å²) in [4.78, 5) is 10.8. The molecule has 52 valence electrons. The fraction of sp³-hybridized carbons (Fsp3) is 0.833. The summed E-state index contributed by atoms with van der Waals surface area (Å²) in [6.45, 7) is 1.41. The Morgan fingerprint density at radius 3 is 3.00 bits per heavy atom. The number of aliphatic hydroxyl groups excluding tert-OH is 1. The van der Waals surface area contributed by atoms with Gasteiger partial charge >= 0.3 is 0 Å². The van der Waals surface area contributed by atoms with Gasteiger partial charge in [-0.2, -0.15) is 0 Å².